The Morgan fingerprint density at radius 2 is 1.51 bits per heavy atom. The van der Waals surface area contributed by atoms with Crippen molar-refractivity contribution >= 4 is 30.0 Å². The van der Waals surface area contributed by atoms with Crippen LogP contribution in [0.15, 0.2) is 30.3 Å². The highest BCUT2D eigenvalue weighted by atomic mass is 19.1. The second-order valence-corrected chi connectivity index (χ2v) is 9.95. The maximum Gasteiger partial charge on any atom is 0.415 e. The first-order chi connectivity index (χ1) is 18.2. The predicted octanol–water partition coefficient (Wildman–Crippen LogP) is 2.35. The molecular weight excluding hydrogens is 515 g/mol. The van der Waals surface area contributed by atoms with Crippen LogP contribution in [-0.4, -0.2) is 73.6 Å². The number of amides is 4. The van der Waals surface area contributed by atoms with E-state index in [4.69, 9.17) is 19.9 Å². The number of hydrogen-bond acceptors (Lipinski definition) is 8. The van der Waals surface area contributed by atoms with E-state index in [0.29, 0.717) is 19.4 Å². The van der Waals surface area contributed by atoms with Crippen molar-refractivity contribution in [3.05, 3.63) is 35.9 Å². The topological polar surface area (TPSA) is 175 Å². The second-order valence-electron chi connectivity index (χ2n) is 9.95. The Kier molecular flexibility index (Phi) is 14.1. The highest BCUT2D eigenvalue weighted by Gasteiger charge is 2.25. The minimum Gasteiger partial charge on any atom is -0.375 e. The van der Waals surface area contributed by atoms with Gasteiger partial charge in [-0.05, 0) is 59.1 Å². The van der Waals surface area contributed by atoms with Crippen LogP contribution in [0, 0.1) is 0 Å². The van der Waals surface area contributed by atoms with E-state index in [0.717, 1.165) is 0 Å². The van der Waals surface area contributed by atoms with Gasteiger partial charge in [-0.1, -0.05) is 18.2 Å². The zero-order valence-corrected chi connectivity index (χ0v) is 22.8. The summed E-state index contributed by atoms with van der Waals surface area (Å²) in [7, 11) is 0. The number of primary amides is 1. The van der Waals surface area contributed by atoms with Crippen LogP contribution < -0.4 is 21.7 Å². The quantitative estimate of drug-likeness (QED) is 0.0746. The molecule has 5 N–H and O–H groups in total. The molecule has 1 rings (SSSR count). The van der Waals surface area contributed by atoms with Gasteiger partial charge in [0.25, 0.3) is 0 Å². The van der Waals surface area contributed by atoms with Gasteiger partial charge in [0.15, 0.2) is 0 Å². The molecule has 0 saturated heterocycles. The smallest absolute Gasteiger partial charge is 0.375 e. The average Bonchev–Trinajstić information content (AvgIpc) is 2.84. The van der Waals surface area contributed by atoms with Crippen LogP contribution in [0.4, 0.5) is 14.0 Å². The van der Waals surface area contributed by atoms with Crippen LogP contribution in [0.3, 0.4) is 0 Å². The largest absolute Gasteiger partial charge is 0.415 e. The van der Waals surface area contributed by atoms with Crippen molar-refractivity contribution in [1.82, 2.24) is 16.0 Å². The van der Waals surface area contributed by atoms with Crippen LogP contribution in [0.25, 0.3) is 0 Å². The van der Waals surface area contributed by atoms with Crippen LogP contribution in [0.5, 0.6) is 0 Å². The summed E-state index contributed by atoms with van der Waals surface area (Å²) in [5, 5.41) is 6.99. The average molecular weight is 555 g/mol. The van der Waals surface area contributed by atoms with Crippen LogP contribution >= 0.6 is 0 Å². The summed E-state index contributed by atoms with van der Waals surface area (Å²) in [5.41, 5.74) is 4.15. The third-order valence-electron chi connectivity index (χ3n) is 5.56. The Morgan fingerprint density at radius 1 is 0.897 bits per heavy atom. The van der Waals surface area contributed by atoms with Gasteiger partial charge in [0.2, 0.25) is 11.8 Å². The minimum atomic E-state index is -1.58. The highest BCUT2D eigenvalue weighted by molar-refractivity contribution is 5.97. The van der Waals surface area contributed by atoms with E-state index in [-0.39, 0.29) is 38.1 Å². The molecule has 0 saturated carbocycles. The lowest BCUT2D eigenvalue weighted by Crippen LogP contribution is -2.48. The molecule has 0 aromatic heterocycles. The Hall–Kier alpha value is -3.58. The maximum atomic E-state index is 12.6. The van der Waals surface area contributed by atoms with Gasteiger partial charge < -0.3 is 35.9 Å². The van der Waals surface area contributed by atoms with Crippen LogP contribution in [0.1, 0.15) is 63.7 Å². The fraction of sp³-hybridized carbons (Fsp3) is 0.577. The molecule has 218 valence electrons. The molecule has 0 bridgehead atoms. The van der Waals surface area contributed by atoms with Gasteiger partial charge in [0.05, 0.1) is 30.0 Å². The molecule has 0 radical (unpaired) electrons. The zero-order chi connectivity index (χ0) is 29.5. The molecule has 0 unspecified atom stereocenters. The van der Waals surface area contributed by atoms with E-state index in [2.05, 4.69) is 16.0 Å². The van der Waals surface area contributed by atoms with Gasteiger partial charge in [0.1, 0.15) is 6.04 Å². The molecule has 1 aromatic rings. The molecular formula is C26H39FN4O8. The molecule has 1 aromatic carbocycles. The van der Waals surface area contributed by atoms with Gasteiger partial charge in [-0.25, -0.2) is 14.4 Å². The van der Waals surface area contributed by atoms with Crippen molar-refractivity contribution in [1.29, 1.82) is 0 Å². The summed E-state index contributed by atoms with van der Waals surface area (Å²) >= 11 is 0. The van der Waals surface area contributed by atoms with Crippen molar-refractivity contribution in [2.45, 2.75) is 70.6 Å². The van der Waals surface area contributed by atoms with Gasteiger partial charge >= 0.3 is 18.2 Å². The fourth-order valence-electron chi connectivity index (χ4n) is 3.25. The monoisotopic (exact) mass is 554 g/mol. The number of carbonyl (C=O) groups is 5. The molecule has 0 fully saturated rings. The van der Waals surface area contributed by atoms with Crippen molar-refractivity contribution in [3.63, 3.8) is 0 Å². The van der Waals surface area contributed by atoms with Crippen molar-refractivity contribution in [2.75, 3.05) is 26.3 Å². The Bertz CT molecular complexity index is 972. The van der Waals surface area contributed by atoms with Gasteiger partial charge in [0, 0.05) is 19.5 Å². The lowest BCUT2D eigenvalue weighted by atomic mass is 10.0. The molecule has 39 heavy (non-hydrogen) atoms. The number of carbonyl (C=O) groups excluding carboxylic acids is 5. The Labute approximate surface area is 227 Å². The molecule has 13 heteroatoms. The standard InChI is InChI=1S/C26H39FN4O8/c1-25(2,12-14-30-23(27)35)37-16-13-26(3,4)38-17-15-29-21(33)19(10-11-20(28)32)31-24(36)39-22(34)18-8-6-5-7-9-18/h5-9,19H,10-17H2,1-4H3,(H2,28,32)(H,29,33)(H,30,35)(H,31,36)/t19-/m0/s1. The number of halogens is 1. The summed E-state index contributed by atoms with van der Waals surface area (Å²) in [6, 6.07) is 6.68. The summed E-state index contributed by atoms with van der Waals surface area (Å²) < 4.78 is 28.7. The fourth-order valence-corrected chi connectivity index (χ4v) is 3.25. The van der Waals surface area contributed by atoms with Crippen molar-refractivity contribution in [3.8, 4) is 0 Å². The first-order valence-corrected chi connectivity index (χ1v) is 12.6. The second kappa shape index (κ2) is 16.4. The molecule has 0 spiro atoms. The molecule has 0 aliphatic heterocycles. The van der Waals surface area contributed by atoms with E-state index >= 15 is 0 Å². The van der Waals surface area contributed by atoms with Gasteiger partial charge in [-0.2, -0.15) is 0 Å². The van der Waals surface area contributed by atoms with E-state index in [1.165, 1.54) is 12.1 Å². The molecule has 0 heterocycles. The van der Waals surface area contributed by atoms with Gasteiger partial charge in [-0.3, -0.25) is 9.59 Å². The van der Waals surface area contributed by atoms with Gasteiger partial charge in [-0.15, -0.1) is 4.39 Å². The summed E-state index contributed by atoms with van der Waals surface area (Å²) in [5.74, 6) is -2.16. The SMILES string of the molecule is CC(C)(CCNC(=O)F)OCCC(C)(C)OCCNC(=O)[C@H](CCC(N)=O)NC(=O)OC(=O)c1ccccc1. The van der Waals surface area contributed by atoms with E-state index in [1.807, 2.05) is 27.7 Å². The molecule has 0 aliphatic rings. The summed E-state index contributed by atoms with van der Waals surface area (Å²) in [4.78, 5) is 58.5. The first-order valence-electron chi connectivity index (χ1n) is 12.6. The third kappa shape index (κ3) is 15.4. The van der Waals surface area contributed by atoms with E-state index in [9.17, 15) is 28.4 Å². The van der Waals surface area contributed by atoms with Crippen molar-refractivity contribution < 1.29 is 42.6 Å². The molecule has 0 aliphatic carbocycles. The van der Waals surface area contributed by atoms with Crippen LogP contribution in [-0.2, 0) is 23.8 Å². The number of alkyl carbamates (subject to hydrolysis) is 1. The Morgan fingerprint density at radius 3 is 2.13 bits per heavy atom. The Balaban J connectivity index is 2.48. The number of nitrogens with two attached hydrogens (primary N) is 1. The number of benzene rings is 1. The van der Waals surface area contributed by atoms with Crippen molar-refractivity contribution in [2.24, 2.45) is 5.73 Å². The first kappa shape index (κ1) is 33.4. The number of nitrogens with one attached hydrogen (secondary N) is 3. The summed E-state index contributed by atoms with van der Waals surface area (Å²) in [6.45, 7) is 8.11. The normalized spacial score (nSPS) is 12.2. The molecule has 12 nitrogen and oxygen atoms in total. The third-order valence-corrected chi connectivity index (χ3v) is 5.56. The maximum absolute atomic E-state index is 12.6. The van der Waals surface area contributed by atoms with E-state index < -0.39 is 47.3 Å². The molecule has 4 amide bonds. The molecule has 1 atom stereocenters. The lowest BCUT2D eigenvalue weighted by Gasteiger charge is -2.30. The summed E-state index contributed by atoms with van der Waals surface area (Å²) in [6.07, 6.45) is -2.05. The lowest BCUT2D eigenvalue weighted by molar-refractivity contribution is -0.124. The van der Waals surface area contributed by atoms with E-state index in [1.54, 1.807) is 18.2 Å². The zero-order valence-electron chi connectivity index (χ0n) is 22.8. The predicted molar refractivity (Wildman–Crippen MR) is 139 cm³/mol. The number of rotatable bonds is 17. The van der Waals surface area contributed by atoms with Crippen LogP contribution in [0.2, 0.25) is 0 Å². The number of ether oxygens (including phenoxy) is 3. The highest BCUT2D eigenvalue weighted by Crippen LogP contribution is 2.19. The minimum absolute atomic E-state index is 0.0930. The number of hydrogen-bond donors (Lipinski definition) is 4. The number of esters is 1.